The second-order valence-electron chi connectivity index (χ2n) is 5.66. The molecule has 0 aromatic heterocycles. The van der Waals surface area contributed by atoms with Gasteiger partial charge in [0, 0.05) is 13.7 Å². The first kappa shape index (κ1) is 17.8. The number of hydrogen-bond donors (Lipinski definition) is 0. The van der Waals surface area contributed by atoms with Crippen LogP contribution in [0.15, 0.2) is 0 Å². The zero-order chi connectivity index (χ0) is 15.7. The van der Waals surface area contributed by atoms with Crippen molar-refractivity contribution in [3.63, 3.8) is 0 Å². The maximum absolute atomic E-state index is 12.0. The first-order valence-corrected chi connectivity index (χ1v) is 7.65. The summed E-state index contributed by atoms with van der Waals surface area (Å²) in [5, 5.41) is 0. The fourth-order valence-corrected chi connectivity index (χ4v) is 2.29. The molecule has 0 saturated carbocycles. The summed E-state index contributed by atoms with van der Waals surface area (Å²) in [5.41, 5.74) is 0. The Bertz CT molecular complexity index is 332. The molecule has 0 aromatic carbocycles. The van der Waals surface area contributed by atoms with Crippen LogP contribution in [0.5, 0.6) is 0 Å². The predicted molar refractivity (Wildman–Crippen MR) is 78.0 cm³/mol. The van der Waals surface area contributed by atoms with Crippen molar-refractivity contribution in [2.45, 2.75) is 45.6 Å². The molecule has 6 heteroatoms. The monoisotopic (exact) mass is 301 g/mol. The summed E-state index contributed by atoms with van der Waals surface area (Å²) < 4.78 is 15.2. The Morgan fingerprint density at radius 1 is 1.19 bits per heavy atom. The summed E-state index contributed by atoms with van der Waals surface area (Å²) >= 11 is 0. The van der Waals surface area contributed by atoms with E-state index in [0.29, 0.717) is 32.1 Å². The Labute approximate surface area is 126 Å². The van der Waals surface area contributed by atoms with Crippen LogP contribution in [0.2, 0.25) is 0 Å². The van der Waals surface area contributed by atoms with Gasteiger partial charge in [0.25, 0.3) is 0 Å². The molecule has 1 amide bonds. The Morgan fingerprint density at radius 3 is 2.62 bits per heavy atom. The molecule has 0 bridgehead atoms. The van der Waals surface area contributed by atoms with Gasteiger partial charge in [-0.15, -0.1) is 0 Å². The van der Waals surface area contributed by atoms with Crippen LogP contribution in [-0.4, -0.2) is 56.5 Å². The molecular weight excluding hydrogens is 274 g/mol. The largest absolute Gasteiger partial charge is 0.464 e. The molecule has 1 unspecified atom stereocenters. The molecule has 0 aliphatic carbocycles. The predicted octanol–water partition coefficient (Wildman–Crippen LogP) is 2.21. The van der Waals surface area contributed by atoms with E-state index >= 15 is 0 Å². The molecule has 0 N–H and O–H groups in total. The fraction of sp³-hybridized carbons (Fsp3) is 0.867. The zero-order valence-electron chi connectivity index (χ0n) is 13.3. The van der Waals surface area contributed by atoms with Gasteiger partial charge in [-0.2, -0.15) is 0 Å². The highest BCUT2D eigenvalue weighted by atomic mass is 16.6. The minimum absolute atomic E-state index is 0.196. The molecule has 1 heterocycles. The van der Waals surface area contributed by atoms with Gasteiger partial charge in [-0.25, -0.2) is 9.59 Å². The van der Waals surface area contributed by atoms with Gasteiger partial charge >= 0.3 is 12.1 Å². The third kappa shape index (κ3) is 6.33. The Balaban J connectivity index is 2.34. The lowest BCUT2D eigenvalue weighted by Gasteiger charge is -2.22. The van der Waals surface area contributed by atoms with Crippen LogP contribution in [-0.2, 0) is 19.0 Å². The van der Waals surface area contributed by atoms with Gasteiger partial charge in [-0.3, -0.25) is 4.90 Å². The summed E-state index contributed by atoms with van der Waals surface area (Å²) in [6.07, 6.45) is 2.86. The van der Waals surface area contributed by atoms with Crippen LogP contribution in [0.4, 0.5) is 4.79 Å². The number of amides is 1. The van der Waals surface area contributed by atoms with Crippen LogP contribution in [0.3, 0.4) is 0 Å². The van der Waals surface area contributed by atoms with Gasteiger partial charge in [0.1, 0.15) is 12.6 Å². The van der Waals surface area contributed by atoms with Crippen molar-refractivity contribution in [3.8, 4) is 0 Å². The lowest BCUT2D eigenvalue weighted by atomic mass is 10.1. The van der Waals surface area contributed by atoms with Gasteiger partial charge in [0.15, 0.2) is 0 Å². The Hall–Kier alpha value is -1.30. The van der Waals surface area contributed by atoms with E-state index in [1.54, 1.807) is 7.11 Å². The quantitative estimate of drug-likeness (QED) is 0.508. The third-order valence-corrected chi connectivity index (χ3v) is 3.44. The van der Waals surface area contributed by atoms with Gasteiger partial charge in [0.2, 0.25) is 0 Å². The number of esters is 1. The minimum atomic E-state index is -0.501. The lowest BCUT2D eigenvalue weighted by Crippen LogP contribution is -2.42. The molecule has 21 heavy (non-hydrogen) atoms. The van der Waals surface area contributed by atoms with Crippen LogP contribution >= 0.6 is 0 Å². The molecule has 122 valence electrons. The normalized spacial score (nSPS) is 18.1. The third-order valence-electron chi connectivity index (χ3n) is 3.44. The van der Waals surface area contributed by atoms with Gasteiger partial charge < -0.3 is 14.2 Å². The summed E-state index contributed by atoms with van der Waals surface area (Å²) in [4.78, 5) is 25.4. The van der Waals surface area contributed by atoms with E-state index in [0.717, 1.165) is 19.3 Å². The smallest absolute Gasteiger partial charge is 0.410 e. The van der Waals surface area contributed by atoms with Crippen LogP contribution in [0.25, 0.3) is 0 Å². The number of ether oxygens (including phenoxy) is 3. The number of rotatable bonds is 8. The number of methoxy groups -OCH3 is 1. The number of carbonyl (C=O) groups is 2. The van der Waals surface area contributed by atoms with Crippen molar-refractivity contribution in [1.29, 1.82) is 0 Å². The van der Waals surface area contributed by atoms with E-state index in [-0.39, 0.29) is 12.6 Å². The van der Waals surface area contributed by atoms with Crippen LogP contribution in [0, 0.1) is 5.92 Å². The van der Waals surface area contributed by atoms with Gasteiger partial charge in [0.05, 0.1) is 13.2 Å². The van der Waals surface area contributed by atoms with E-state index in [2.05, 4.69) is 13.8 Å². The second-order valence-corrected chi connectivity index (χ2v) is 5.66. The molecule has 1 aliphatic rings. The number of hydrogen-bond acceptors (Lipinski definition) is 5. The SMILES string of the molecule is COCCOC(=O)N1CCCC1C(=O)OCCCC(C)C. The molecule has 1 rings (SSSR count). The maximum Gasteiger partial charge on any atom is 0.410 e. The maximum atomic E-state index is 12.0. The van der Waals surface area contributed by atoms with Crippen molar-refractivity contribution in [2.24, 2.45) is 5.92 Å². The van der Waals surface area contributed by atoms with Crippen molar-refractivity contribution in [2.75, 3.05) is 33.5 Å². The lowest BCUT2D eigenvalue weighted by molar-refractivity contribution is -0.148. The molecule has 1 fully saturated rings. The molecule has 0 spiro atoms. The highest BCUT2D eigenvalue weighted by molar-refractivity contribution is 5.82. The average Bonchev–Trinajstić information content (AvgIpc) is 2.92. The Morgan fingerprint density at radius 2 is 1.95 bits per heavy atom. The van der Waals surface area contributed by atoms with Crippen molar-refractivity contribution in [1.82, 2.24) is 4.90 Å². The van der Waals surface area contributed by atoms with E-state index in [1.807, 2.05) is 0 Å². The van der Waals surface area contributed by atoms with E-state index < -0.39 is 12.1 Å². The van der Waals surface area contributed by atoms with Crippen molar-refractivity contribution < 1.29 is 23.8 Å². The standard InChI is InChI=1S/C15H27NO5/c1-12(2)6-5-9-20-14(17)13-7-4-8-16(13)15(18)21-11-10-19-3/h12-13H,4-11H2,1-3H3. The van der Waals surface area contributed by atoms with Crippen molar-refractivity contribution in [3.05, 3.63) is 0 Å². The number of nitrogens with zero attached hydrogens (tertiary/aromatic N) is 1. The number of likely N-dealkylation sites (tertiary alicyclic amines) is 1. The molecule has 1 atom stereocenters. The van der Waals surface area contributed by atoms with E-state index in [9.17, 15) is 9.59 Å². The van der Waals surface area contributed by atoms with E-state index in [4.69, 9.17) is 14.2 Å². The first-order chi connectivity index (χ1) is 10.1. The molecule has 6 nitrogen and oxygen atoms in total. The Kier molecular flexibility index (Phi) is 8.12. The van der Waals surface area contributed by atoms with E-state index in [1.165, 1.54) is 4.90 Å². The molecule has 1 saturated heterocycles. The second kappa shape index (κ2) is 9.60. The molecule has 0 radical (unpaired) electrons. The van der Waals surface area contributed by atoms with Crippen molar-refractivity contribution >= 4 is 12.1 Å². The summed E-state index contributed by atoms with van der Waals surface area (Å²) in [6.45, 7) is 5.77. The zero-order valence-corrected chi connectivity index (χ0v) is 13.3. The fourth-order valence-electron chi connectivity index (χ4n) is 2.29. The minimum Gasteiger partial charge on any atom is -0.464 e. The van der Waals surface area contributed by atoms with Crippen LogP contribution < -0.4 is 0 Å². The highest BCUT2D eigenvalue weighted by Gasteiger charge is 2.36. The average molecular weight is 301 g/mol. The summed E-state index contributed by atoms with van der Waals surface area (Å²) in [6, 6.07) is -0.501. The summed E-state index contributed by atoms with van der Waals surface area (Å²) in [7, 11) is 1.54. The van der Waals surface area contributed by atoms with Gasteiger partial charge in [-0.05, 0) is 31.6 Å². The summed E-state index contributed by atoms with van der Waals surface area (Å²) in [5.74, 6) is 0.280. The molecule has 0 aromatic rings. The van der Waals surface area contributed by atoms with Crippen LogP contribution in [0.1, 0.15) is 39.5 Å². The highest BCUT2D eigenvalue weighted by Crippen LogP contribution is 2.19. The molecule has 1 aliphatic heterocycles. The van der Waals surface area contributed by atoms with Gasteiger partial charge in [-0.1, -0.05) is 13.8 Å². The first-order valence-electron chi connectivity index (χ1n) is 7.65. The number of carbonyl (C=O) groups excluding carboxylic acids is 2. The topological polar surface area (TPSA) is 65.1 Å². The molecular formula is C15H27NO5.